The first-order valence-corrected chi connectivity index (χ1v) is 8.27. The second-order valence-corrected chi connectivity index (χ2v) is 5.90. The Balaban J connectivity index is 1.67. The lowest BCUT2D eigenvalue weighted by Crippen LogP contribution is -2.03. The fourth-order valence-corrected chi connectivity index (χ4v) is 2.84. The molecule has 128 valence electrons. The summed E-state index contributed by atoms with van der Waals surface area (Å²) in [5.74, 6) is 2.23. The minimum absolute atomic E-state index is 0.0268. The number of fused-ring (bicyclic) bond motifs is 1. The Labute approximate surface area is 150 Å². The van der Waals surface area contributed by atoms with Gasteiger partial charge >= 0.3 is 0 Å². The van der Waals surface area contributed by atoms with Crippen LogP contribution in [-0.2, 0) is 0 Å². The second-order valence-electron chi connectivity index (χ2n) is 5.90. The molecule has 4 heteroatoms. The van der Waals surface area contributed by atoms with Gasteiger partial charge in [-0.25, -0.2) is 0 Å². The molecule has 0 aliphatic heterocycles. The number of rotatable bonds is 4. The normalized spacial score (nSPS) is 10.7. The number of nitrogens with one attached hydrogen (secondary N) is 1. The van der Waals surface area contributed by atoms with Gasteiger partial charge < -0.3 is 14.5 Å². The van der Waals surface area contributed by atoms with Gasteiger partial charge in [0.25, 0.3) is 0 Å². The van der Waals surface area contributed by atoms with Gasteiger partial charge in [-0.15, -0.1) is 0 Å². The van der Waals surface area contributed by atoms with E-state index in [1.807, 2.05) is 60.7 Å². The van der Waals surface area contributed by atoms with Crippen LogP contribution in [0.4, 0.5) is 0 Å². The lowest BCUT2D eigenvalue weighted by Gasteiger charge is -2.08. The van der Waals surface area contributed by atoms with Crippen LogP contribution in [0.25, 0.3) is 22.2 Å². The van der Waals surface area contributed by atoms with Crippen molar-refractivity contribution in [1.82, 2.24) is 4.98 Å². The standard InChI is InChI=1S/C22H17NO3/c1-25-18-11-12-19-21(13-18)23-20(14-22(19)24)15-7-9-17(10-8-15)26-16-5-3-2-4-6-16/h2-14H,1H3,(H,23,24). The summed E-state index contributed by atoms with van der Waals surface area (Å²) in [4.78, 5) is 15.7. The van der Waals surface area contributed by atoms with Crippen LogP contribution in [0.3, 0.4) is 0 Å². The Morgan fingerprint density at radius 3 is 2.19 bits per heavy atom. The van der Waals surface area contributed by atoms with Crippen LogP contribution in [0.1, 0.15) is 0 Å². The van der Waals surface area contributed by atoms with Gasteiger partial charge in [-0.3, -0.25) is 4.79 Å². The van der Waals surface area contributed by atoms with E-state index in [1.54, 1.807) is 25.3 Å². The lowest BCUT2D eigenvalue weighted by molar-refractivity contribution is 0.415. The summed E-state index contributed by atoms with van der Waals surface area (Å²) in [6.07, 6.45) is 0. The number of aromatic amines is 1. The summed E-state index contributed by atoms with van der Waals surface area (Å²) in [7, 11) is 1.61. The van der Waals surface area contributed by atoms with E-state index in [1.165, 1.54) is 0 Å². The van der Waals surface area contributed by atoms with Crippen molar-refractivity contribution in [2.75, 3.05) is 7.11 Å². The molecule has 4 aromatic rings. The zero-order valence-electron chi connectivity index (χ0n) is 14.2. The molecular formula is C22H17NO3. The first-order chi connectivity index (χ1) is 12.7. The van der Waals surface area contributed by atoms with Crippen molar-refractivity contribution < 1.29 is 9.47 Å². The van der Waals surface area contributed by atoms with Crippen molar-refractivity contribution in [3.8, 4) is 28.5 Å². The van der Waals surface area contributed by atoms with Crippen molar-refractivity contribution in [1.29, 1.82) is 0 Å². The highest BCUT2D eigenvalue weighted by molar-refractivity contribution is 5.82. The average Bonchev–Trinajstić information content (AvgIpc) is 2.69. The summed E-state index contributed by atoms with van der Waals surface area (Å²) in [6.45, 7) is 0. The largest absolute Gasteiger partial charge is 0.497 e. The summed E-state index contributed by atoms with van der Waals surface area (Å²) < 4.78 is 11.0. The summed E-state index contributed by atoms with van der Waals surface area (Å²) in [5.41, 5.74) is 2.38. The maximum atomic E-state index is 12.4. The molecule has 0 saturated heterocycles. The van der Waals surface area contributed by atoms with E-state index < -0.39 is 0 Å². The van der Waals surface area contributed by atoms with Crippen molar-refractivity contribution in [2.45, 2.75) is 0 Å². The first kappa shape index (κ1) is 16.0. The predicted molar refractivity (Wildman–Crippen MR) is 103 cm³/mol. The van der Waals surface area contributed by atoms with E-state index in [0.717, 1.165) is 28.3 Å². The molecule has 0 saturated carbocycles. The first-order valence-electron chi connectivity index (χ1n) is 8.27. The molecule has 1 aromatic heterocycles. The van der Waals surface area contributed by atoms with Crippen molar-refractivity contribution in [2.24, 2.45) is 0 Å². The number of para-hydroxylation sites is 1. The lowest BCUT2D eigenvalue weighted by atomic mass is 10.1. The fourth-order valence-electron chi connectivity index (χ4n) is 2.84. The molecule has 1 N–H and O–H groups in total. The third kappa shape index (κ3) is 3.17. The molecule has 0 atom stereocenters. The van der Waals surface area contributed by atoms with E-state index in [-0.39, 0.29) is 5.43 Å². The van der Waals surface area contributed by atoms with Crippen LogP contribution in [0.15, 0.2) is 83.7 Å². The molecule has 0 radical (unpaired) electrons. The molecule has 0 spiro atoms. The SMILES string of the molecule is COc1ccc2c(=O)cc(-c3ccc(Oc4ccccc4)cc3)[nH]c2c1. The maximum absolute atomic E-state index is 12.4. The molecule has 4 nitrogen and oxygen atoms in total. The Morgan fingerprint density at radius 2 is 1.46 bits per heavy atom. The number of ether oxygens (including phenoxy) is 2. The highest BCUT2D eigenvalue weighted by Gasteiger charge is 2.06. The minimum atomic E-state index is -0.0268. The topological polar surface area (TPSA) is 51.3 Å². The number of pyridine rings is 1. The third-order valence-electron chi connectivity index (χ3n) is 4.18. The number of aromatic nitrogens is 1. The summed E-state index contributed by atoms with van der Waals surface area (Å²) >= 11 is 0. The third-order valence-corrected chi connectivity index (χ3v) is 4.18. The van der Waals surface area contributed by atoms with E-state index >= 15 is 0 Å². The molecule has 4 rings (SSSR count). The summed E-state index contributed by atoms with van der Waals surface area (Å²) in [6, 6.07) is 24.2. The Bertz CT molecular complexity index is 1100. The van der Waals surface area contributed by atoms with Crippen LogP contribution in [0, 0.1) is 0 Å². The van der Waals surface area contributed by atoms with Gasteiger partial charge in [0, 0.05) is 23.2 Å². The second kappa shape index (κ2) is 6.76. The minimum Gasteiger partial charge on any atom is -0.497 e. The molecule has 0 fully saturated rings. The molecule has 26 heavy (non-hydrogen) atoms. The zero-order valence-corrected chi connectivity index (χ0v) is 14.2. The van der Waals surface area contributed by atoms with Crippen LogP contribution < -0.4 is 14.9 Å². The Morgan fingerprint density at radius 1 is 0.769 bits per heavy atom. The van der Waals surface area contributed by atoms with Gasteiger partial charge in [-0.2, -0.15) is 0 Å². The molecule has 0 bridgehead atoms. The van der Waals surface area contributed by atoms with E-state index in [4.69, 9.17) is 9.47 Å². The van der Waals surface area contributed by atoms with E-state index in [9.17, 15) is 4.79 Å². The molecule has 0 unspecified atom stereocenters. The van der Waals surface area contributed by atoms with Gasteiger partial charge in [-0.1, -0.05) is 18.2 Å². The molecule has 3 aromatic carbocycles. The number of methoxy groups -OCH3 is 1. The van der Waals surface area contributed by atoms with Gasteiger partial charge in [0.2, 0.25) is 0 Å². The van der Waals surface area contributed by atoms with Crippen molar-refractivity contribution in [3.05, 3.63) is 89.1 Å². The average molecular weight is 343 g/mol. The molecular weight excluding hydrogens is 326 g/mol. The van der Waals surface area contributed by atoms with E-state index in [0.29, 0.717) is 11.1 Å². The molecule has 0 aliphatic rings. The number of benzene rings is 3. The number of hydrogen-bond acceptors (Lipinski definition) is 3. The smallest absolute Gasteiger partial charge is 0.190 e. The number of H-pyrrole nitrogens is 1. The van der Waals surface area contributed by atoms with Gasteiger partial charge in [0.1, 0.15) is 17.2 Å². The van der Waals surface area contributed by atoms with E-state index in [2.05, 4.69) is 4.98 Å². The summed E-state index contributed by atoms with van der Waals surface area (Å²) in [5, 5.41) is 0.638. The molecule has 0 amide bonds. The predicted octanol–water partition coefficient (Wildman–Crippen LogP) is 5.00. The van der Waals surface area contributed by atoms with Crippen molar-refractivity contribution in [3.63, 3.8) is 0 Å². The monoisotopic (exact) mass is 343 g/mol. The van der Waals surface area contributed by atoms with Crippen LogP contribution >= 0.6 is 0 Å². The molecule has 0 aliphatic carbocycles. The fraction of sp³-hybridized carbons (Fsp3) is 0.0455. The van der Waals surface area contributed by atoms with Crippen molar-refractivity contribution >= 4 is 10.9 Å². The van der Waals surface area contributed by atoms with Gasteiger partial charge in [-0.05, 0) is 54.1 Å². The van der Waals surface area contributed by atoms with Gasteiger partial charge in [0.15, 0.2) is 5.43 Å². The highest BCUT2D eigenvalue weighted by atomic mass is 16.5. The highest BCUT2D eigenvalue weighted by Crippen LogP contribution is 2.26. The van der Waals surface area contributed by atoms with Crippen LogP contribution in [0.2, 0.25) is 0 Å². The maximum Gasteiger partial charge on any atom is 0.190 e. The number of hydrogen-bond donors (Lipinski definition) is 1. The Hall–Kier alpha value is -3.53. The molecule has 1 heterocycles. The zero-order chi connectivity index (χ0) is 17.9. The van der Waals surface area contributed by atoms with Gasteiger partial charge in [0.05, 0.1) is 12.6 Å². The van der Waals surface area contributed by atoms with Crippen LogP contribution in [0.5, 0.6) is 17.2 Å². The van der Waals surface area contributed by atoms with Crippen LogP contribution in [-0.4, -0.2) is 12.1 Å². The quantitative estimate of drug-likeness (QED) is 0.567. The Kier molecular flexibility index (Phi) is 4.15.